The molecule has 24 heavy (non-hydrogen) atoms. The zero-order valence-corrected chi connectivity index (χ0v) is 12.6. The Kier molecular flexibility index (Phi) is 3.63. The summed E-state index contributed by atoms with van der Waals surface area (Å²) >= 11 is 0. The van der Waals surface area contributed by atoms with Crippen LogP contribution in [0.1, 0.15) is 5.76 Å². The summed E-state index contributed by atoms with van der Waals surface area (Å²) in [5.41, 5.74) is 2.18. The number of nitrogens with zero attached hydrogens (tertiary/aromatic N) is 3. The molecule has 2 aromatic carbocycles. The second kappa shape index (κ2) is 6.08. The third kappa shape index (κ3) is 2.81. The van der Waals surface area contributed by atoms with Crippen LogP contribution in [0, 0.1) is 5.82 Å². The van der Waals surface area contributed by atoms with E-state index in [1.807, 2.05) is 24.3 Å². The van der Waals surface area contributed by atoms with Gasteiger partial charge in [-0.1, -0.05) is 24.3 Å². The first-order chi connectivity index (χ1) is 11.8. The average Bonchev–Trinajstić information content (AvgIpc) is 3.22. The van der Waals surface area contributed by atoms with Crippen molar-refractivity contribution in [3.8, 4) is 11.3 Å². The van der Waals surface area contributed by atoms with E-state index < -0.39 is 0 Å². The fourth-order valence-corrected chi connectivity index (χ4v) is 2.43. The maximum Gasteiger partial charge on any atom is 0.247 e. The van der Waals surface area contributed by atoms with E-state index in [0.29, 0.717) is 23.0 Å². The predicted molar refractivity (Wildman–Crippen MR) is 88.4 cm³/mol. The van der Waals surface area contributed by atoms with Gasteiger partial charge in [-0.3, -0.25) is 0 Å². The zero-order valence-electron chi connectivity index (χ0n) is 12.6. The Morgan fingerprint density at radius 2 is 1.83 bits per heavy atom. The molecule has 1 N–H and O–H groups in total. The molecule has 0 spiro atoms. The number of azo groups is 1. The molecule has 0 amide bonds. The van der Waals surface area contributed by atoms with Crippen molar-refractivity contribution in [1.82, 2.24) is 9.97 Å². The summed E-state index contributed by atoms with van der Waals surface area (Å²) in [6.07, 6.45) is 0. The zero-order chi connectivity index (χ0) is 16.4. The van der Waals surface area contributed by atoms with Crippen molar-refractivity contribution >= 4 is 17.0 Å². The smallest absolute Gasteiger partial charge is 0.247 e. The molecule has 0 saturated heterocycles. The summed E-state index contributed by atoms with van der Waals surface area (Å²) in [5.74, 6) is 1.20. The number of aromatic nitrogens is 2. The summed E-state index contributed by atoms with van der Waals surface area (Å²) in [4.78, 5) is 7.38. The van der Waals surface area contributed by atoms with E-state index in [0.717, 1.165) is 11.0 Å². The lowest BCUT2D eigenvalue weighted by molar-refractivity contribution is 0.516. The normalized spacial score (nSPS) is 11.5. The molecule has 0 aliphatic heterocycles. The molecule has 0 saturated carbocycles. The van der Waals surface area contributed by atoms with Crippen molar-refractivity contribution < 1.29 is 8.81 Å². The van der Waals surface area contributed by atoms with Gasteiger partial charge in [0, 0.05) is 0 Å². The number of fused-ring (bicyclic) bond motifs is 1. The highest BCUT2D eigenvalue weighted by Crippen LogP contribution is 2.25. The minimum atomic E-state index is -0.317. The van der Waals surface area contributed by atoms with E-state index in [9.17, 15) is 4.39 Å². The van der Waals surface area contributed by atoms with Gasteiger partial charge in [-0.05, 0) is 36.4 Å². The van der Waals surface area contributed by atoms with E-state index in [4.69, 9.17) is 4.42 Å². The number of H-pyrrole nitrogens is 1. The maximum atomic E-state index is 13.7. The van der Waals surface area contributed by atoms with Gasteiger partial charge in [0.15, 0.2) is 0 Å². The number of hydrogen-bond donors (Lipinski definition) is 1. The molecule has 0 fully saturated rings. The molecular weight excluding hydrogens is 307 g/mol. The number of imidazole rings is 1. The van der Waals surface area contributed by atoms with Crippen molar-refractivity contribution in [3.63, 3.8) is 0 Å². The van der Waals surface area contributed by atoms with E-state index >= 15 is 0 Å². The topological polar surface area (TPSA) is 66.5 Å². The minimum Gasteiger partial charge on any atom is -0.459 e. The van der Waals surface area contributed by atoms with Gasteiger partial charge in [0.05, 0.1) is 16.6 Å². The van der Waals surface area contributed by atoms with Gasteiger partial charge < -0.3 is 9.40 Å². The number of furan rings is 1. The summed E-state index contributed by atoms with van der Waals surface area (Å²) in [6, 6.07) is 17.6. The second-order valence-electron chi connectivity index (χ2n) is 5.22. The molecule has 4 aromatic rings. The van der Waals surface area contributed by atoms with Crippen molar-refractivity contribution in [2.75, 3.05) is 0 Å². The fourth-order valence-electron chi connectivity index (χ4n) is 2.43. The van der Waals surface area contributed by atoms with Gasteiger partial charge in [0.2, 0.25) is 5.95 Å². The van der Waals surface area contributed by atoms with Crippen molar-refractivity contribution in [3.05, 3.63) is 72.2 Å². The van der Waals surface area contributed by atoms with Crippen LogP contribution in [-0.2, 0) is 6.54 Å². The lowest BCUT2D eigenvalue weighted by Gasteiger charge is -1.97. The molecular formula is C18H13FN4O. The van der Waals surface area contributed by atoms with Crippen LogP contribution in [0.3, 0.4) is 0 Å². The number of nitrogens with one attached hydrogen (secondary N) is 1. The standard InChI is InChI=1S/C18H13FN4O/c19-14-6-2-1-5-13(14)17-10-9-12(24-17)11-20-23-18-21-15-7-3-4-8-16(15)22-18/h1-10H,11H2,(H,21,22). The molecule has 0 unspecified atom stereocenters. The Morgan fingerprint density at radius 3 is 2.71 bits per heavy atom. The first-order valence-corrected chi connectivity index (χ1v) is 7.45. The van der Waals surface area contributed by atoms with E-state index in [1.165, 1.54) is 6.07 Å². The van der Waals surface area contributed by atoms with Gasteiger partial charge >= 0.3 is 0 Å². The molecule has 0 bridgehead atoms. The van der Waals surface area contributed by atoms with Crippen LogP contribution in [0.15, 0.2) is 75.3 Å². The van der Waals surface area contributed by atoms with Crippen LogP contribution in [0.4, 0.5) is 10.3 Å². The number of benzene rings is 2. The minimum absolute atomic E-state index is 0.255. The van der Waals surface area contributed by atoms with E-state index in [-0.39, 0.29) is 12.4 Å². The van der Waals surface area contributed by atoms with Crippen molar-refractivity contribution in [2.45, 2.75) is 6.54 Å². The average molecular weight is 320 g/mol. The number of halogens is 1. The number of aromatic amines is 1. The highest BCUT2D eigenvalue weighted by molar-refractivity contribution is 5.76. The van der Waals surface area contributed by atoms with Crippen LogP contribution in [0.2, 0.25) is 0 Å². The van der Waals surface area contributed by atoms with Crippen LogP contribution in [0.25, 0.3) is 22.4 Å². The first-order valence-electron chi connectivity index (χ1n) is 7.45. The Balaban J connectivity index is 1.49. The summed E-state index contributed by atoms with van der Waals surface area (Å²) < 4.78 is 19.4. The van der Waals surface area contributed by atoms with Gasteiger partial charge in [0.1, 0.15) is 23.9 Å². The third-order valence-electron chi connectivity index (χ3n) is 3.57. The molecule has 0 aliphatic rings. The molecule has 0 aliphatic carbocycles. The van der Waals surface area contributed by atoms with Crippen LogP contribution in [-0.4, -0.2) is 9.97 Å². The highest BCUT2D eigenvalue weighted by Gasteiger charge is 2.08. The highest BCUT2D eigenvalue weighted by atomic mass is 19.1. The third-order valence-corrected chi connectivity index (χ3v) is 3.57. The van der Waals surface area contributed by atoms with Gasteiger partial charge in [0.25, 0.3) is 0 Å². The summed E-state index contributed by atoms with van der Waals surface area (Å²) in [7, 11) is 0. The van der Waals surface area contributed by atoms with Crippen LogP contribution < -0.4 is 0 Å². The van der Waals surface area contributed by atoms with E-state index in [1.54, 1.807) is 30.3 Å². The predicted octanol–water partition coefficient (Wildman–Crippen LogP) is 5.25. The molecule has 118 valence electrons. The number of hydrogen-bond acceptors (Lipinski definition) is 4. The monoisotopic (exact) mass is 320 g/mol. The largest absolute Gasteiger partial charge is 0.459 e. The summed E-state index contributed by atoms with van der Waals surface area (Å²) in [5, 5.41) is 8.14. The Morgan fingerprint density at radius 1 is 1.00 bits per heavy atom. The molecule has 0 radical (unpaired) electrons. The molecule has 2 aromatic heterocycles. The Bertz CT molecular complexity index is 985. The maximum absolute atomic E-state index is 13.7. The number of rotatable bonds is 4. The Labute approximate surface area is 136 Å². The van der Waals surface area contributed by atoms with Gasteiger partial charge in [-0.2, -0.15) is 5.11 Å². The van der Waals surface area contributed by atoms with Crippen molar-refractivity contribution in [2.24, 2.45) is 10.2 Å². The lowest BCUT2D eigenvalue weighted by atomic mass is 10.1. The van der Waals surface area contributed by atoms with E-state index in [2.05, 4.69) is 20.2 Å². The molecule has 4 rings (SSSR count). The second-order valence-corrected chi connectivity index (χ2v) is 5.22. The van der Waals surface area contributed by atoms with Crippen LogP contribution >= 0.6 is 0 Å². The number of para-hydroxylation sites is 2. The van der Waals surface area contributed by atoms with Gasteiger partial charge in [-0.25, -0.2) is 9.37 Å². The molecule has 0 atom stereocenters. The van der Waals surface area contributed by atoms with Crippen LogP contribution in [0.5, 0.6) is 0 Å². The Hall–Kier alpha value is -3.28. The first kappa shape index (κ1) is 14.3. The molecule has 2 heterocycles. The van der Waals surface area contributed by atoms with Gasteiger partial charge in [-0.15, -0.1) is 5.11 Å². The lowest BCUT2D eigenvalue weighted by Crippen LogP contribution is -1.80. The SMILES string of the molecule is Fc1ccccc1-c1ccc(CN=Nc2nc3ccccc3[nH]2)o1. The fraction of sp³-hybridized carbons (Fsp3) is 0.0556. The molecule has 6 heteroatoms. The van der Waals surface area contributed by atoms with Crippen molar-refractivity contribution in [1.29, 1.82) is 0 Å². The quantitative estimate of drug-likeness (QED) is 0.522. The molecule has 5 nitrogen and oxygen atoms in total. The summed E-state index contributed by atoms with van der Waals surface area (Å²) in [6.45, 7) is 0.255.